The average Bonchev–Trinajstić information content (AvgIpc) is 2.35. The molecule has 1 amide bonds. The van der Waals surface area contributed by atoms with Crippen molar-refractivity contribution in [1.82, 2.24) is 0 Å². The molecular formula is C16H18N2O. The molecule has 0 atom stereocenters. The zero-order valence-corrected chi connectivity index (χ0v) is 11.2. The lowest BCUT2D eigenvalue weighted by Gasteiger charge is -2.11. The minimum Gasteiger partial charge on any atom is -0.380 e. The SMILES string of the molecule is Cc1cc(C)cc(CNc2ccccc2C(N)=O)c1. The molecule has 0 radical (unpaired) electrons. The second-order valence-electron chi connectivity index (χ2n) is 4.76. The summed E-state index contributed by atoms with van der Waals surface area (Å²) < 4.78 is 0. The predicted octanol–water partition coefficient (Wildman–Crippen LogP) is 3.01. The average molecular weight is 254 g/mol. The first-order chi connectivity index (χ1) is 9.06. The molecule has 0 aliphatic carbocycles. The number of aryl methyl sites for hydroxylation is 2. The highest BCUT2D eigenvalue weighted by Crippen LogP contribution is 2.16. The maximum atomic E-state index is 11.3. The number of amides is 1. The van der Waals surface area contributed by atoms with E-state index in [1.165, 1.54) is 16.7 Å². The van der Waals surface area contributed by atoms with Crippen LogP contribution in [0.15, 0.2) is 42.5 Å². The molecule has 0 saturated heterocycles. The molecule has 3 N–H and O–H groups in total. The Hall–Kier alpha value is -2.29. The van der Waals surface area contributed by atoms with Gasteiger partial charge in [-0.1, -0.05) is 41.5 Å². The number of rotatable bonds is 4. The molecule has 0 aliphatic heterocycles. The summed E-state index contributed by atoms with van der Waals surface area (Å²) in [5.41, 5.74) is 10.3. The Morgan fingerprint density at radius 3 is 2.37 bits per heavy atom. The zero-order valence-electron chi connectivity index (χ0n) is 11.2. The summed E-state index contributed by atoms with van der Waals surface area (Å²) in [5, 5.41) is 3.26. The fourth-order valence-corrected chi connectivity index (χ4v) is 2.22. The number of anilines is 1. The van der Waals surface area contributed by atoms with Crippen LogP contribution in [0.25, 0.3) is 0 Å². The molecule has 2 aromatic carbocycles. The molecule has 0 bridgehead atoms. The van der Waals surface area contributed by atoms with Crippen LogP contribution in [0.1, 0.15) is 27.0 Å². The lowest BCUT2D eigenvalue weighted by atomic mass is 10.1. The van der Waals surface area contributed by atoms with E-state index in [0.29, 0.717) is 12.1 Å². The summed E-state index contributed by atoms with van der Waals surface area (Å²) in [6, 6.07) is 13.7. The van der Waals surface area contributed by atoms with E-state index in [0.717, 1.165) is 5.69 Å². The highest BCUT2D eigenvalue weighted by atomic mass is 16.1. The first-order valence-corrected chi connectivity index (χ1v) is 6.26. The van der Waals surface area contributed by atoms with Gasteiger partial charge in [0.1, 0.15) is 0 Å². The first kappa shape index (κ1) is 13.1. The van der Waals surface area contributed by atoms with E-state index in [1.54, 1.807) is 6.07 Å². The van der Waals surface area contributed by atoms with Crippen LogP contribution < -0.4 is 11.1 Å². The second kappa shape index (κ2) is 5.57. The number of hydrogen-bond acceptors (Lipinski definition) is 2. The van der Waals surface area contributed by atoms with Crippen molar-refractivity contribution in [3.8, 4) is 0 Å². The largest absolute Gasteiger partial charge is 0.380 e. The summed E-state index contributed by atoms with van der Waals surface area (Å²) in [5.74, 6) is -0.413. The van der Waals surface area contributed by atoms with Gasteiger partial charge in [0.15, 0.2) is 0 Å². The second-order valence-corrected chi connectivity index (χ2v) is 4.76. The maximum Gasteiger partial charge on any atom is 0.250 e. The third-order valence-corrected chi connectivity index (χ3v) is 2.96. The molecule has 0 aromatic heterocycles. The van der Waals surface area contributed by atoms with Crippen molar-refractivity contribution in [2.45, 2.75) is 20.4 Å². The topological polar surface area (TPSA) is 55.1 Å². The van der Waals surface area contributed by atoms with Gasteiger partial charge in [-0.3, -0.25) is 4.79 Å². The van der Waals surface area contributed by atoms with Crippen LogP contribution in [0.3, 0.4) is 0 Å². The monoisotopic (exact) mass is 254 g/mol. The standard InChI is InChI=1S/C16H18N2O/c1-11-7-12(2)9-13(8-11)10-18-15-6-4-3-5-14(15)16(17)19/h3-9,18H,10H2,1-2H3,(H2,17,19). The van der Waals surface area contributed by atoms with Gasteiger partial charge in [0.25, 0.3) is 5.91 Å². The zero-order chi connectivity index (χ0) is 13.8. The van der Waals surface area contributed by atoms with Gasteiger partial charge in [0.2, 0.25) is 0 Å². The number of nitrogens with two attached hydrogens (primary N) is 1. The van der Waals surface area contributed by atoms with E-state index in [-0.39, 0.29) is 0 Å². The molecule has 0 aliphatic rings. The molecule has 2 rings (SSSR count). The molecule has 0 saturated carbocycles. The van der Waals surface area contributed by atoms with Crippen molar-refractivity contribution < 1.29 is 4.79 Å². The van der Waals surface area contributed by atoms with E-state index in [4.69, 9.17) is 5.73 Å². The van der Waals surface area contributed by atoms with Crippen LogP contribution in [-0.4, -0.2) is 5.91 Å². The Kier molecular flexibility index (Phi) is 3.85. The van der Waals surface area contributed by atoms with Crippen molar-refractivity contribution in [3.63, 3.8) is 0 Å². The van der Waals surface area contributed by atoms with E-state index in [1.807, 2.05) is 18.2 Å². The fourth-order valence-electron chi connectivity index (χ4n) is 2.22. The molecule has 0 spiro atoms. The van der Waals surface area contributed by atoms with E-state index in [9.17, 15) is 4.79 Å². The summed E-state index contributed by atoms with van der Waals surface area (Å²) in [6.07, 6.45) is 0. The van der Waals surface area contributed by atoms with E-state index >= 15 is 0 Å². The van der Waals surface area contributed by atoms with Gasteiger partial charge in [0, 0.05) is 12.2 Å². The minimum absolute atomic E-state index is 0.413. The van der Waals surface area contributed by atoms with Crippen LogP contribution in [0, 0.1) is 13.8 Å². The van der Waals surface area contributed by atoms with Crippen LogP contribution >= 0.6 is 0 Å². The summed E-state index contributed by atoms with van der Waals surface area (Å²) in [4.78, 5) is 11.3. The lowest BCUT2D eigenvalue weighted by Crippen LogP contribution is -2.14. The van der Waals surface area contributed by atoms with E-state index in [2.05, 4.69) is 37.4 Å². The van der Waals surface area contributed by atoms with Crippen molar-refractivity contribution in [2.75, 3.05) is 5.32 Å². The maximum absolute atomic E-state index is 11.3. The normalized spacial score (nSPS) is 10.2. The Labute approximate surface area is 113 Å². The van der Waals surface area contributed by atoms with Crippen molar-refractivity contribution in [1.29, 1.82) is 0 Å². The molecule has 0 unspecified atom stereocenters. The van der Waals surface area contributed by atoms with Gasteiger partial charge < -0.3 is 11.1 Å². The van der Waals surface area contributed by atoms with Gasteiger partial charge in [-0.25, -0.2) is 0 Å². The summed E-state index contributed by atoms with van der Waals surface area (Å²) >= 11 is 0. The van der Waals surface area contributed by atoms with Crippen LogP contribution in [0.4, 0.5) is 5.69 Å². The van der Waals surface area contributed by atoms with Gasteiger partial charge in [0.05, 0.1) is 5.56 Å². The summed E-state index contributed by atoms with van der Waals surface area (Å²) in [6.45, 7) is 4.83. The van der Waals surface area contributed by atoms with Crippen molar-refractivity contribution in [3.05, 3.63) is 64.7 Å². The first-order valence-electron chi connectivity index (χ1n) is 6.26. The van der Waals surface area contributed by atoms with Crippen LogP contribution in [-0.2, 0) is 6.54 Å². The Morgan fingerprint density at radius 1 is 1.11 bits per heavy atom. The van der Waals surface area contributed by atoms with Gasteiger partial charge in [-0.15, -0.1) is 0 Å². The minimum atomic E-state index is -0.413. The molecule has 0 heterocycles. The number of hydrogen-bond donors (Lipinski definition) is 2. The van der Waals surface area contributed by atoms with Gasteiger partial charge in [-0.05, 0) is 31.5 Å². The third kappa shape index (κ3) is 3.35. The lowest BCUT2D eigenvalue weighted by molar-refractivity contribution is 0.100. The number of para-hydroxylation sites is 1. The predicted molar refractivity (Wildman–Crippen MR) is 78.2 cm³/mol. The van der Waals surface area contributed by atoms with Crippen LogP contribution in [0.2, 0.25) is 0 Å². The Morgan fingerprint density at radius 2 is 1.74 bits per heavy atom. The quantitative estimate of drug-likeness (QED) is 0.881. The van der Waals surface area contributed by atoms with Crippen LogP contribution in [0.5, 0.6) is 0 Å². The van der Waals surface area contributed by atoms with E-state index < -0.39 is 5.91 Å². The number of carbonyl (C=O) groups excluding carboxylic acids is 1. The molecule has 98 valence electrons. The number of nitrogens with one attached hydrogen (secondary N) is 1. The Balaban J connectivity index is 2.16. The highest BCUT2D eigenvalue weighted by molar-refractivity contribution is 5.98. The summed E-state index contributed by atoms with van der Waals surface area (Å²) in [7, 11) is 0. The number of benzene rings is 2. The highest BCUT2D eigenvalue weighted by Gasteiger charge is 2.06. The van der Waals surface area contributed by atoms with Gasteiger partial charge >= 0.3 is 0 Å². The molecular weight excluding hydrogens is 236 g/mol. The number of primary amides is 1. The molecule has 3 nitrogen and oxygen atoms in total. The Bertz CT molecular complexity index is 585. The number of carbonyl (C=O) groups is 1. The van der Waals surface area contributed by atoms with Gasteiger partial charge in [-0.2, -0.15) is 0 Å². The molecule has 3 heteroatoms. The molecule has 0 fully saturated rings. The van der Waals surface area contributed by atoms with Crippen molar-refractivity contribution in [2.24, 2.45) is 5.73 Å². The fraction of sp³-hybridized carbons (Fsp3) is 0.188. The van der Waals surface area contributed by atoms with Crippen molar-refractivity contribution >= 4 is 11.6 Å². The third-order valence-electron chi connectivity index (χ3n) is 2.96. The molecule has 2 aromatic rings. The smallest absolute Gasteiger partial charge is 0.250 e. The molecule has 19 heavy (non-hydrogen) atoms.